The zero-order valence-electron chi connectivity index (χ0n) is 14.0. The molecule has 6 nitrogen and oxygen atoms in total. The van der Waals surface area contributed by atoms with Gasteiger partial charge in [0.25, 0.3) is 5.91 Å². The first-order chi connectivity index (χ1) is 12.0. The van der Waals surface area contributed by atoms with Crippen molar-refractivity contribution in [1.29, 1.82) is 0 Å². The lowest BCUT2D eigenvalue weighted by Crippen LogP contribution is -2.14. The molecule has 7 heteroatoms. The summed E-state index contributed by atoms with van der Waals surface area (Å²) in [6, 6.07) is 9.68. The Balaban J connectivity index is 2.26. The molecule has 0 aliphatic rings. The van der Waals surface area contributed by atoms with Gasteiger partial charge in [0.05, 0.1) is 18.2 Å². The van der Waals surface area contributed by atoms with Gasteiger partial charge in [-0.1, -0.05) is 13.0 Å². The molecule has 0 saturated carbocycles. The van der Waals surface area contributed by atoms with Gasteiger partial charge in [-0.3, -0.25) is 9.59 Å². The molecule has 0 heterocycles. The number of benzene rings is 2. The molecule has 0 aromatic heterocycles. The van der Waals surface area contributed by atoms with E-state index in [-0.39, 0.29) is 5.91 Å². The second kappa shape index (κ2) is 8.53. The SMILES string of the molecule is CCCOc1c(Br)cc(C(=O)Nc2cccc(C(N)=O)c2)cc1OC. The maximum atomic E-state index is 12.5. The summed E-state index contributed by atoms with van der Waals surface area (Å²) in [7, 11) is 1.51. The fraction of sp³-hybridized carbons (Fsp3) is 0.222. The van der Waals surface area contributed by atoms with E-state index in [0.717, 1.165) is 6.42 Å². The van der Waals surface area contributed by atoms with Crippen molar-refractivity contribution in [1.82, 2.24) is 0 Å². The summed E-state index contributed by atoms with van der Waals surface area (Å²) in [5, 5.41) is 2.73. The van der Waals surface area contributed by atoms with Gasteiger partial charge in [-0.15, -0.1) is 0 Å². The van der Waals surface area contributed by atoms with Gasteiger partial charge in [0.2, 0.25) is 5.91 Å². The van der Waals surface area contributed by atoms with Crippen molar-refractivity contribution in [3.63, 3.8) is 0 Å². The summed E-state index contributed by atoms with van der Waals surface area (Å²) in [4.78, 5) is 23.7. The van der Waals surface area contributed by atoms with Crippen LogP contribution < -0.4 is 20.5 Å². The standard InChI is InChI=1S/C18H19BrN2O4/c1-3-7-25-16-14(19)9-12(10-15(16)24-2)18(23)21-13-6-4-5-11(8-13)17(20)22/h4-6,8-10H,3,7H2,1-2H3,(H2,20,22)(H,21,23). The van der Waals surface area contributed by atoms with E-state index in [1.165, 1.54) is 13.2 Å². The summed E-state index contributed by atoms with van der Waals surface area (Å²) in [5.41, 5.74) is 6.43. The van der Waals surface area contributed by atoms with E-state index in [1.807, 2.05) is 6.92 Å². The van der Waals surface area contributed by atoms with Crippen molar-refractivity contribution in [3.05, 3.63) is 52.0 Å². The first-order valence-corrected chi connectivity index (χ1v) is 8.47. The number of ether oxygens (including phenoxy) is 2. The van der Waals surface area contributed by atoms with Crippen LogP contribution in [0.2, 0.25) is 0 Å². The van der Waals surface area contributed by atoms with E-state index in [4.69, 9.17) is 15.2 Å². The third-order valence-electron chi connectivity index (χ3n) is 3.35. The highest BCUT2D eigenvalue weighted by Gasteiger charge is 2.16. The summed E-state index contributed by atoms with van der Waals surface area (Å²) in [5.74, 6) is 0.107. The highest BCUT2D eigenvalue weighted by atomic mass is 79.9. The minimum Gasteiger partial charge on any atom is -0.493 e. The molecule has 25 heavy (non-hydrogen) atoms. The summed E-state index contributed by atoms with van der Waals surface area (Å²) < 4.78 is 11.6. The molecule has 0 spiro atoms. The average Bonchev–Trinajstić information content (AvgIpc) is 2.60. The molecule has 2 aromatic rings. The van der Waals surface area contributed by atoms with Crippen LogP contribution >= 0.6 is 15.9 Å². The smallest absolute Gasteiger partial charge is 0.255 e. The van der Waals surface area contributed by atoms with Gasteiger partial charge in [0.1, 0.15) is 0 Å². The first-order valence-electron chi connectivity index (χ1n) is 7.67. The Morgan fingerprint density at radius 3 is 2.60 bits per heavy atom. The van der Waals surface area contributed by atoms with Crippen LogP contribution in [0.3, 0.4) is 0 Å². The lowest BCUT2D eigenvalue weighted by molar-refractivity contribution is 0.0996. The van der Waals surface area contributed by atoms with Crippen LogP contribution in [0.1, 0.15) is 34.1 Å². The van der Waals surface area contributed by atoms with Gasteiger partial charge in [0, 0.05) is 16.8 Å². The summed E-state index contributed by atoms with van der Waals surface area (Å²) in [6.45, 7) is 2.54. The number of primary amides is 1. The topological polar surface area (TPSA) is 90.6 Å². The van der Waals surface area contributed by atoms with Gasteiger partial charge in [-0.2, -0.15) is 0 Å². The lowest BCUT2D eigenvalue weighted by atomic mass is 10.1. The fourth-order valence-corrected chi connectivity index (χ4v) is 2.71. The molecule has 2 rings (SSSR count). The van der Waals surface area contributed by atoms with E-state index in [2.05, 4.69) is 21.2 Å². The van der Waals surface area contributed by atoms with Crippen molar-refractivity contribution >= 4 is 33.4 Å². The number of halogens is 1. The fourth-order valence-electron chi connectivity index (χ4n) is 2.15. The Hall–Kier alpha value is -2.54. The Bertz CT molecular complexity index is 793. The average molecular weight is 407 g/mol. The third-order valence-corrected chi connectivity index (χ3v) is 3.94. The van der Waals surface area contributed by atoms with Crippen LogP contribution in [0.5, 0.6) is 11.5 Å². The van der Waals surface area contributed by atoms with Gasteiger partial charge in [-0.05, 0) is 52.7 Å². The number of methoxy groups -OCH3 is 1. The second-order valence-electron chi connectivity index (χ2n) is 5.24. The normalized spacial score (nSPS) is 10.2. The van der Waals surface area contributed by atoms with E-state index in [0.29, 0.717) is 39.4 Å². The highest BCUT2D eigenvalue weighted by molar-refractivity contribution is 9.10. The molecule has 2 aromatic carbocycles. The molecular formula is C18H19BrN2O4. The zero-order valence-corrected chi connectivity index (χ0v) is 15.6. The molecule has 0 aliphatic heterocycles. The van der Waals surface area contributed by atoms with E-state index >= 15 is 0 Å². The Morgan fingerprint density at radius 1 is 1.20 bits per heavy atom. The van der Waals surface area contributed by atoms with Crippen LogP contribution in [0, 0.1) is 0 Å². The molecule has 0 atom stereocenters. The van der Waals surface area contributed by atoms with Crippen LogP contribution in [0.15, 0.2) is 40.9 Å². The quantitative estimate of drug-likeness (QED) is 0.734. The van der Waals surface area contributed by atoms with Gasteiger partial charge < -0.3 is 20.5 Å². The monoisotopic (exact) mass is 406 g/mol. The Kier molecular flexibility index (Phi) is 6.41. The van der Waals surface area contributed by atoms with Crippen LogP contribution in [-0.2, 0) is 0 Å². The van der Waals surface area contributed by atoms with E-state index in [9.17, 15) is 9.59 Å². The van der Waals surface area contributed by atoms with Gasteiger partial charge in [-0.25, -0.2) is 0 Å². The van der Waals surface area contributed by atoms with E-state index in [1.54, 1.807) is 30.3 Å². The molecule has 0 radical (unpaired) electrons. The van der Waals surface area contributed by atoms with Crippen molar-refractivity contribution in [2.24, 2.45) is 5.73 Å². The predicted molar refractivity (Wildman–Crippen MR) is 99.4 cm³/mol. The second-order valence-corrected chi connectivity index (χ2v) is 6.09. The highest BCUT2D eigenvalue weighted by Crippen LogP contribution is 2.37. The largest absolute Gasteiger partial charge is 0.493 e. The van der Waals surface area contributed by atoms with Crippen LogP contribution in [0.4, 0.5) is 5.69 Å². The molecule has 0 saturated heterocycles. The number of amides is 2. The predicted octanol–water partition coefficient (Wildman–Crippen LogP) is 3.60. The third kappa shape index (κ3) is 4.73. The molecule has 2 amide bonds. The maximum Gasteiger partial charge on any atom is 0.255 e. The Morgan fingerprint density at radius 2 is 1.96 bits per heavy atom. The number of carbonyl (C=O) groups is 2. The Labute approximate surface area is 154 Å². The zero-order chi connectivity index (χ0) is 18.4. The summed E-state index contributed by atoms with van der Waals surface area (Å²) >= 11 is 3.41. The van der Waals surface area contributed by atoms with E-state index < -0.39 is 5.91 Å². The molecule has 132 valence electrons. The van der Waals surface area contributed by atoms with Crippen LogP contribution in [-0.4, -0.2) is 25.5 Å². The molecular weight excluding hydrogens is 388 g/mol. The van der Waals surface area contributed by atoms with Gasteiger partial charge >= 0.3 is 0 Å². The molecule has 3 N–H and O–H groups in total. The number of hydrogen-bond donors (Lipinski definition) is 2. The van der Waals surface area contributed by atoms with Gasteiger partial charge in [0.15, 0.2) is 11.5 Å². The minimum atomic E-state index is -0.557. The molecule has 0 aliphatic carbocycles. The van der Waals surface area contributed by atoms with Crippen molar-refractivity contribution in [2.45, 2.75) is 13.3 Å². The molecule has 0 bridgehead atoms. The maximum absolute atomic E-state index is 12.5. The number of rotatable bonds is 7. The minimum absolute atomic E-state index is 0.319. The number of carbonyl (C=O) groups excluding carboxylic acids is 2. The van der Waals surface area contributed by atoms with Crippen molar-refractivity contribution in [2.75, 3.05) is 19.0 Å². The number of nitrogens with one attached hydrogen (secondary N) is 1. The molecule has 0 fully saturated rings. The van der Waals surface area contributed by atoms with Crippen molar-refractivity contribution in [3.8, 4) is 11.5 Å². The lowest BCUT2D eigenvalue weighted by Gasteiger charge is -2.14. The molecule has 0 unspecified atom stereocenters. The summed E-state index contributed by atoms with van der Waals surface area (Å²) in [6.07, 6.45) is 0.855. The first kappa shape index (κ1) is 18.8. The number of hydrogen-bond acceptors (Lipinski definition) is 4. The number of nitrogens with two attached hydrogens (primary N) is 1. The van der Waals surface area contributed by atoms with Crippen LogP contribution in [0.25, 0.3) is 0 Å². The van der Waals surface area contributed by atoms with Crippen molar-refractivity contribution < 1.29 is 19.1 Å². The number of anilines is 1.